The molecule has 0 unspecified atom stereocenters. The van der Waals surface area contributed by atoms with E-state index in [4.69, 9.17) is 9.47 Å². The summed E-state index contributed by atoms with van der Waals surface area (Å²) in [6.07, 6.45) is 4.31. The zero-order valence-electron chi connectivity index (χ0n) is 18.2. The number of alkyl halides is 2. The summed E-state index contributed by atoms with van der Waals surface area (Å²) in [6, 6.07) is 11.4. The minimum absolute atomic E-state index is 0. The van der Waals surface area contributed by atoms with Gasteiger partial charge in [0.05, 0.1) is 6.54 Å². The zero-order chi connectivity index (χ0) is 22.3. The van der Waals surface area contributed by atoms with E-state index >= 15 is 0 Å². The molecule has 0 radical (unpaired) electrons. The molecule has 2 aromatic carbocycles. The Morgan fingerprint density at radius 1 is 1.09 bits per heavy atom. The Morgan fingerprint density at radius 2 is 1.79 bits per heavy atom. The maximum atomic E-state index is 12.9. The number of hydrogen-bond donors (Lipinski definition) is 2. The molecule has 0 spiro atoms. The van der Waals surface area contributed by atoms with E-state index in [1.807, 2.05) is 6.92 Å². The van der Waals surface area contributed by atoms with Crippen LogP contribution >= 0.6 is 24.0 Å². The zero-order valence-corrected chi connectivity index (χ0v) is 20.6. The molecule has 0 aromatic heterocycles. The molecule has 0 bridgehead atoms. The van der Waals surface area contributed by atoms with Crippen molar-refractivity contribution >= 4 is 35.6 Å². The molecular formula is C23H27F2IN4O3. The van der Waals surface area contributed by atoms with Gasteiger partial charge in [0.25, 0.3) is 0 Å². The number of fused-ring (bicyclic) bond motifs is 1. The Morgan fingerprint density at radius 3 is 2.45 bits per heavy atom. The van der Waals surface area contributed by atoms with Gasteiger partial charge in [-0.25, -0.2) is 4.99 Å². The second-order valence-corrected chi connectivity index (χ2v) is 7.28. The number of nitrogens with zero attached hydrogens (tertiary/aromatic N) is 2. The minimum atomic E-state index is -2.93. The lowest BCUT2D eigenvalue weighted by Gasteiger charge is -2.17. The SMILES string of the molecule is CCNC(=NCc1ccc(N2CC=CC2)cc1)NCc1cc2c(cc1OC(F)F)OCO2.I. The van der Waals surface area contributed by atoms with E-state index in [-0.39, 0.29) is 43.1 Å². The van der Waals surface area contributed by atoms with Crippen LogP contribution in [-0.2, 0) is 13.1 Å². The number of halogens is 3. The van der Waals surface area contributed by atoms with Gasteiger partial charge in [-0.05, 0) is 30.7 Å². The standard InChI is InChI=1S/C23H26F2N4O3.HI/c1-2-26-23(27-13-16-5-7-18(8-6-16)29-9-3-4-10-29)28-14-17-11-20-21(31-15-30-20)12-19(17)32-22(24)25;/h3-8,11-12,22H,2,9-10,13-15H2,1H3,(H2,26,27,28);1H. The molecule has 0 saturated carbocycles. The van der Waals surface area contributed by atoms with Crippen molar-refractivity contribution in [3.8, 4) is 17.2 Å². The molecule has 7 nitrogen and oxygen atoms in total. The van der Waals surface area contributed by atoms with Crippen LogP contribution in [0.25, 0.3) is 0 Å². The van der Waals surface area contributed by atoms with Crippen LogP contribution in [0.1, 0.15) is 18.1 Å². The highest BCUT2D eigenvalue weighted by atomic mass is 127. The van der Waals surface area contributed by atoms with E-state index in [0.717, 1.165) is 18.7 Å². The third-order valence-corrected chi connectivity index (χ3v) is 5.10. The number of aliphatic imine (C=N–C) groups is 1. The molecule has 0 amide bonds. The third kappa shape index (κ3) is 6.62. The van der Waals surface area contributed by atoms with E-state index < -0.39 is 6.61 Å². The summed E-state index contributed by atoms with van der Waals surface area (Å²) in [4.78, 5) is 6.89. The first-order valence-corrected chi connectivity index (χ1v) is 10.5. The van der Waals surface area contributed by atoms with Crippen molar-refractivity contribution in [3.63, 3.8) is 0 Å². The lowest BCUT2D eigenvalue weighted by Crippen LogP contribution is -2.36. The highest BCUT2D eigenvalue weighted by Gasteiger charge is 2.20. The number of hydrogen-bond acceptors (Lipinski definition) is 5. The molecule has 0 saturated heterocycles. The Kier molecular flexibility index (Phi) is 8.98. The van der Waals surface area contributed by atoms with Crippen LogP contribution in [0.5, 0.6) is 17.2 Å². The van der Waals surface area contributed by atoms with Crippen molar-refractivity contribution in [2.45, 2.75) is 26.6 Å². The first kappa shape index (κ1) is 24.9. The second-order valence-electron chi connectivity index (χ2n) is 7.28. The van der Waals surface area contributed by atoms with Crippen LogP contribution in [0, 0.1) is 0 Å². The van der Waals surface area contributed by atoms with Crippen LogP contribution in [-0.4, -0.2) is 39.0 Å². The molecule has 0 fully saturated rings. The fourth-order valence-electron chi connectivity index (χ4n) is 3.50. The van der Waals surface area contributed by atoms with E-state index in [2.05, 4.69) is 61.7 Å². The first-order chi connectivity index (χ1) is 15.6. The van der Waals surface area contributed by atoms with Gasteiger partial charge in [0, 0.05) is 43.5 Å². The predicted molar refractivity (Wildman–Crippen MR) is 134 cm³/mol. The molecule has 33 heavy (non-hydrogen) atoms. The maximum absolute atomic E-state index is 12.9. The molecule has 0 atom stereocenters. The van der Waals surface area contributed by atoms with E-state index in [0.29, 0.717) is 36.1 Å². The minimum Gasteiger partial charge on any atom is -0.454 e. The summed E-state index contributed by atoms with van der Waals surface area (Å²) in [5.41, 5.74) is 2.77. The number of guanidine groups is 1. The van der Waals surface area contributed by atoms with Crippen LogP contribution < -0.4 is 29.7 Å². The summed E-state index contributed by atoms with van der Waals surface area (Å²) >= 11 is 0. The maximum Gasteiger partial charge on any atom is 0.387 e. The van der Waals surface area contributed by atoms with Crippen molar-refractivity contribution in [3.05, 3.63) is 59.7 Å². The van der Waals surface area contributed by atoms with Crippen molar-refractivity contribution < 1.29 is 23.0 Å². The van der Waals surface area contributed by atoms with Crippen molar-refractivity contribution in [2.75, 3.05) is 31.3 Å². The van der Waals surface area contributed by atoms with Crippen molar-refractivity contribution in [1.82, 2.24) is 10.6 Å². The van der Waals surface area contributed by atoms with Crippen LogP contribution in [0.2, 0.25) is 0 Å². The Bertz CT molecular complexity index is 978. The Labute approximate surface area is 208 Å². The highest BCUT2D eigenvalue weighted by Crippen LogP contribution is 2.38. The molecule has 2 heterocycles. The van der Waals surface area contributed by atoms with E-state index in [9.17, 15) is 8.78 Å². The number of benzene rings is 2. The second kappa shape index (κ2) is 11.9. The lowest BCUT2D eigenvalue weighted by molar-refractivity contribution is -0.0505. The molecule has 10 heteroatoms. The summed E-state index contributed by atoms with van der Waals surface area (Å²) < 4.78 is 41.0. The summed E-state index contributed by atoms with van der Waals surface area (Å²) in [5.74, 6) is 1.50. The average Bonchev–Trinajstić information content (AvgIpc) is 3.47. The van der Waals surface area contributed by atoms with Crippen molar-refractivity contribution in [2.24, 2.45) is 4.99 Å². The molecule has 178 valence electrons. The topological polar surface area (TPSA) is 67.4 Å². The molecule has 4 rings (SSSR count). The molecule has 2 aliphatic heterocycles. The monoisotopic (exact) mass is 572 g/mol. The molecule has 2 aromatic rings. The number of nitrogens with one attached hydrogen (secondary N) is 2. The molecular weight excluding hydrogens is 545 g/mol. The average molecular weight is 572 g/mol. The van der Waals surface area contributed by atoms with Gasteiger partial charge in [0.2, 0.25) is 6.79 Å². The van der Waals surface area contributed by atoms with Gasteiger partial charge in [0.1, 0.15) is 5.75 Å². The predicted octanol–water partition coefficient (Wildman–Crippen LogP) is 4.27. The normalized spacial score (nSPS) is 14.4. The smallest absolute Gasteiger partial charge is 0.387 e. The van der Waals surface area contributed by atoms with Gasteiger partial charge in [-0.15, -0.1) is 24.0 Å². The van der Waals surface area contributed by atoms with E-state index in [1.165, 1.54) is 11.8 Å². The van der Waals surface area contributed by atoms with Crippen LogP contribution in [0.15, 0.2) is 53.5 Å². The highest BCUT2D eigenvalue weighted by molar-refractivity contribution is 14.0. The van der Waals surface area contributed by atoms with Gasteiger partial charge in [0.15, 0.2) is 17.5 Å². The molecule has 0 aliphatic carbocycles. The van der Waals surface area contributed by atoms with Gasteiger partial charge in [-0.2, -0.15) is 8.78 Å². The Hall–Kier alpha value is -2.76. The van der Waals surface area contributed by atoms with Crippen LogP contribution in [0.4, 0.5) is 14.5 Å². The number of anilines is 1. The summed E-state index contributed by atoms with van der Waals surface area (Å²) in [7, 11) is 0. The lowest BCUT2D eigenvalue weighted by atomic mass is 10.1. The third-order valence-electron chi connectivity index (χ3n) is 5.10. The number of rotatable bonds is 8. The quantitative estimate of drug-likeness (QED) is 0.213. The first-order valence-electron chi connectivity index (χ1n) is 10.5. The largest absolute Gasteiger partial charge is 0.454 e. The molecule has 2 N–H and O–H groups in total. The fourth-order valence-corrected chi connectivity index (χ4v) is 3.50. The summed E-state index contributed by atoms with van der Waals surface area (Å²) in [6.45, 7) is 2.32. The molecule has 2 aliphatic rings. The van der Waals surface area contributed by atoms with Gasteiger partial charge >= 0.3 is 6.61 Å². The fraction of sp³-hybridized carbons (Fsp3) is 0.348. The number of ether oxygens (including phenoxy) is 3. The van der Waals surface area contributed by atoms with Gasteiger partial charge in [-0.1, -0.05) is 24.3 Å². The van der Waals surface area contributed by atoms with Crippen LogP contribution in [0.3, 0.4) is 0 Å². The summed E-state index contributed by atoms with van der Waals surface area (Å²) in [5, 5.41) is 6.34. The van der Waals surface area contributed by atoms with Gasteiger partial charge < -0.3 is 29.7 Å². The van der Waals surface area contributed by atoms with Crippen molar-refractivity contribution in [1.29, 1.82) is 0 Å². The van der Waals surface area contributed by atoms with E-state index in [1.54, 1.807) is 6.07 Å². The van der Waals surface area contributed by atoms with Gasteiger partial charge in [-0.3, -0.25) is 0 Å². The Balaban J connectivity index is 0.00000306.